The highest BCUT2D eigenvalue weighted by Crippen LogP contribution is 2.12. The van der Waals surface area contributed by atoms with E-state index in [0.717, 1.165) is 57.8 Å². The van der Waals surface area contributed by atoms with Crippen molar-refractivity contribution in [2.24, 2.45) is 0 Å². The molecule has 0 aromatic heterocycles. The number of Topliss-reactive ketones (excluding diaryl/α,β-unsaturated/α-hetero) is 1. The Morgan fingerprint density at radius 3 is 1.76 bits per heavy atom. The van der Waals surface area contributed by atoms with Crippen molar-refractivity contribution in [2.45, 2.75) is 103 Å². The highest BCUT2D eigenvalue weighted by atomic mass is 16.5. The van der Waals surface area contributed by atoms with Gasteiger partial charge < -0.3 is 30.3 Å². The molecule has 11 heteroatoms. The summed E-state index contributed by atoms with van der Waals surface area (Å²) in [4.78, 5) is 56.6. The van der Waals surface area contributed by atoms with Crippen LogP contribution in [0.2, 0.25) is 0 Å². The van der Waals surface area contributed by atoms with E-state index >= 15 is 0 Å². The van der Waals surface area contributed by atoms with Gasteiger partial charge in [0.2, 0.25) is 11.8 Å². The molecule has 0 aromatic carbocycles. The Morgan fingerprint density at radius 2 is 1.22 bits per heavy atom. The van der Waals surface area contributed by atoms with Crippen molar-refractivity contribution in [1.29, 1.82) is 0 Å². The second kappa shape index (κ2) is 23.8. The summed E-state index contributed by atoms with van der Waals surface area (Å²) in [6, 6.07) is -1.11. The summed E-state index contributed by atoms with van der Waals surface area (Å²) in [7, 11) is 0. The molecule has 0 aliphatic carbocycles. The van der Waals surface area contributed by atoms with Gasteiger partial charge in [0.15, 0.2) is 5.78 Å². The summed E-state index contributed by atoms with van der Waals surface area (Å²) < 4.78 is 10.3. The number of unbranched alkanes of at least 4 members (excludes halogenated alkanes) is 9. The number of ether oxygens (including phenoxy) is 2. The third kappa shape index (κ3) is 24.9. The molecule has 0 aliphatic heterocycles. The first-order valence-corrected chi connectivity index (χ1v) is 13.4. The van der Waals surface area contributed by atoms with Gasteiger partial charge in [-0.2, -0.15) is 0 Å². The Bertz CT molecular complexity index is 670. The number of nitrogens with one attached hydrogen (secondary N) is 2. The molecule has 0 aromatic rings. The number of carbonyl (C=O) groups is 5. The standard InChI is InChI=1S/C26H46N2O9/c1-21(29)20-37-19-18-36-17-16-27-23(30)15-14-22(26(34)35)28-24(31)12-10-8-6-4-2-3-5-7-9-11-13-25(32)33/h22H,2-20H2,1H3,(H,27,30)(H,28,31)(H,32,33)(H,34,35)/t22-/m0/s1. The zero-order valence-corrected chi connectivity index (χ0v) is 22.3. The zero-order valence-electron chi connectivity index (χ0n) is 22.3. The number of ketones is 1. The predicted octanol–water partition coefficient (Wildman–Crippen LogP) is 2.84. The third-order valence-electron chi connectivity index (χ3n) is 5.58. The molecule has 0 radical (unpaired) electrons. The SMILES string of the molecule is CC(=O)COCCOCCNC(=O)CC[C@H](NC(=O)CCCCCCCCCCCCC(=O)O)C(=O)O. The van der Waals surface area contributed by atoms with Crippen molar-refractivity contribution in [3.05, 3.63) is 0 Å². The van der Waals surface area contributed by atoms with Crippen molar-refractivity contribution < 1.29 is 43.7 Å². The van der Waals surface area contributed by atoms with Gasteiger partial charge >= 0.3 is 11.9 Å². The maximum absolute atomic E-state index is 12.1. The molecule has 11 nitrogen and oxygen atoms in total. The molecule has 2 amide bonds. The fourth-order valence-corrected chi connectivity index (χ4v) is 3.56. The molecule has 0 bridgehead atoms. The molecule has 0 spiro atoms. The van der Waals surface area contributed by atoms with E-state index in [-0.39, 0.29) is 69.6 Å². The number of aliphatic carboxylic acids is 2. The van der Waals surface area contributed by atoms with E-state index in [1.807, 2.05) is 0 Å². The number of hydrogen-bond donors (Lipinski definition) is 4. The van der Waals surface area contributed by atoms with Crippen LogP contribution < -0.4 is 10.6 Å². The molecule has 0 fully saturated rings. The molecule has 4 N–H and O–H groups in total. The van der Waals surface area contributed by atoms with Crippen LogP contribution in [-0.2, 0) is 33.4 Å². The summed E-state index contributed by atoms with van der Waals surface area (Å²) >= 11 is 0. The van der Waals surface area contributed by atoms with Gasteiger partial charge in [-0.05, 0) is 26.2 Å². The average Bonchev–Trinajstić information content (AvgIpc) is 2.83. The fourth-order valence-electron chi connectivity index (χ4n) is 3.56. The quantitative estimate of drug-likeness (QED) is 0.123. The minimum absolute atomic E-state index is 0.00293. The maximum atomic E-state index is 12.1. The Labute approximate surface area is 220 Å². The van der Waals surface area contributed by atoms with Crippen LogP contribution in [0.1, 0.15) is 96.8 Å². The van der Waals surface area contributed by atoms with Crippen LogP contribution in [0, 0.1) is 0 Å². The van der Waals surface area contributed by atoms with Crippen LogP contribution in [0.4, 0.5) is 0 Å². The van der Waals surface area contributed by atoms with E-state index in [0.29, 0.717) is 13.0 Å². The minimum Gasteiger partial charge on any atom is -0.481 e. The topological polar surface area (TPSA) is 168 Å². The fraction of sp³-hybridized carbons (Fsp3) is 0.808. The lowest BCUT2D eigenvalue weighted by Gasteiger charge is -2.14. The lowest BCUT2D eigenvalue weighted by atomic mass is 10.0. The molecule has 0 saturated carbocycles. The first-order valence-electron chi connectivity index (χ1n) is 13.4. The van der Waals surface area contributed by atoms with Crippen molar-refractivity contribution in [3.8, 4) is 0 Å². The van der Waals surface area contributed by atoms with Gasteiger partial charge in [0.1, 0.15) is 12.6 Å². The van der Waals surface area contributed by atoms with Gasteiger partial charge in [0.25, 0.3) is 0 Å². The number of carboxylic acids is 2. The molecule has 0 rings (SSSR count). The lowest BCUT2D eigenvalue weighted by Crippen LogP contribution is -2.41. The molecule has 214 valence electrons. The van der Waals surface area contributed by atoms with Gasteiger partial charge in [0, 0.05) is 25.8 Å². The molecule has 1 atom stereocenters. The second-order valence-electron chi connectivity index (χ2n) is 9.14. The van der Waals surface area contributed by atoms with Gasteiger partial charge in [0.05, 0.1) is 19.8 Å². The number of hydrogen-bond acceptors (Lipinski definition) is 7. The third-order valence-corrected chi connectivity index (χ3v) is 5.58. The van der Waals surface area contributed by atoms with Gasteiger partial charge in [-0.1, -0.05) is 51.4 Å². The molecule has 0 aliphatic rings. The summed E-state index contributed by atoms with van der Waals surface area (Å²) in [6.45, 7) is 2.59. The maximum Gasteiger partial charge on any atom is 0.326 e. The van der Waals surface area contributed by atoms with E-state index in [9.17, 15) is 29.1 Å². The van der Waals surface area contributed by atoms with E-state index in [1.165, 1.54) is 6.92 Å². The average molecular weight is 531 g/mol. The highest BCUT2D eigenvalue weighted by Gasteiger charge is 2.20. The van der Waals surface area contributed by atoms with Crippen molar-refractivity contribution >= 4 is 29.5 Å². The van der Waals surface area contributed by atoms with E-state index < -0.39 is 18.0 Å². The smallest absolute Gasteiger partial charge is 0.326 e. The second-order valence-corrected chi connectivity index (χ2v) is 9.14. The van der Waals surface area contributed by atoms with Gasteiger partial charge in [-0.15, -0.1) is 0 Å². The normalized spacial score (nSPS) is 11.6. The summed E-state index contributed by atoms with van der Waals surface area (Å²) in [6.07, 6.45) is 10.3. The molecular formula is C26H46N2O9. The molecular weight excluding hydrogens is 484 g/mol. The van der Waals surface area contributed by atoms with Crippen LogP contribution in [0.5, 0.6) is 0 Å². The molecule has 0 heterocycles. The lowest BCUT2D eigenvalue weighted by molar-refractivity contribution is -0.142. The van der Waals surface area contributed by atoms with Crippen LogP contribution in [0.15, 0.2) is 0 Å². The van der Waals surface area contributed by atoms with Gasteiger partial charge in [-0.3, -0.25) is 19.2 Å². The first kappa shape index (κ1) is 34.5. The van der Waals surface area contributed by atoms with Crippen LogP contribution in [0.3, 0.4) is 0 Å². The van der Waals surface area contributed by atoms with E-state index in [1.54, 1.807) is 0 Å². The Morgan fingerprint density at radius 1 is 0.676 bits per heavy atom. The Balaban J connectivity index is 3.74. The number of rotatable bonds is 26. The Hall–Kier alpha value is -2.53. The summed E-state index contributed by atoms with van der Waals surface area (Å²) in [5.41, 5.74) is 0. The van der Waals surface area contributed by atoms with Crippen LogP contribution >= 0.6 is 0 Å². The summed E-state index contributed by atoms with van der Waals surface area (Å²) in [5.74, 6) is -2.62. The van der Waals surface area contributed by atoms with E-state index in [2.05, 4.69) is 10.6 Å². The number of amides is 2. The van der Waals surface area contributed by atoms with Crippen molar-refractivity contribution in [3.63, 3.8) is 0 Å². The minimum atomic E-state index is -1.17. The Kier molecular flexibility index (Phi) is 22.2. The van der Waals surface area contributed by atoms with E-state index in [4.69, 9.17) is 14.6 Å². The predicted molar refractivity (Wildman–Crippen MR) is 137 cm³/mol. The first-order chi connectivity index (χ1) is 17.7. The number of carbonyl (C=O) groups excluding carboxylic acids is 3. The summed E-state index contributed by atoms with van der Waals surface area (Å²) in [5, 5.41) is 23.1. The molecule has 0 saturated heterocycles. The largest absolute Gasteiger partial charge is 0.481 e. The molecule has 37 heavy (non-hydrogen) atoms. The zero-order chi connectivity index (χ0) is 27.7. The van der Waals surface area contributed by atoms with Crippen LogP contribution in [0.25, 0.3) is 0 Å². The monoisotopic (exact) mass is 530 g/mol. The highest BCUT2D eigenvalue weighted by molar-refractivity contribution is 5.84. The van der Waals surface area contributed by atoms with Gasteiger partial charge in [-0.25, -0.2) is 4.79 Å². The number of carboxylic acid groups (broad SMARTS) is 2. The van der Waals surface area contributed by atoms with Crippen LogP contribution in [-0.4, -0.2) is 78.8 Å². The van der Waals surface area contributed by atoms with Crippen molar-refractivity contribution in [2.75, 3.05) is 33.0 Å². The molecule has 0 unspecified atom stereocenters. The van der Waals surface area contributed by atoms with Crippen molar-refractivity contribution in [1.82, 2.24) is 10.6 Å².